The quantitative estimate of drug-likeness (QED) is 0.860. The molecule has 1 N–H and O–H groups in total. The van der Waals surface area contributed by atoms with Crippen LogP contribution in [0.2, 0.25) is 5.02 Å². The Hall–Kier alpha value is -0.970. The van der Waals surface area contributed by atoms with Crippen LogP contribution in [0.3, 0.4) is 0 Å². The van der Waals surface area contributed by atoms with Gasteiger partial charge in [0.2, 0.25) is 0 Å². The Balaban J connectivity index is 2.48. The summed E-state index contributed by atoms with van der Waals surface area (Å²) in [4.78, 5) is 0. The molecule has 0 aromatic heterocycles. The molecule has 18 heavy (non-hydrogen) atoms. The number of halogens is 4. The lowest BCUT2D eigenvalue weighted by Crippen LogP contribution is -2.04. The van der Waals surface area contributed by atoms with Crippen molar-refractivity contribution in [2.75, 3.05) is 0 Å². The van der Waals surface area contributed by atoms with E-state index in [4.69, 9.17) is 11.6 Å². The second kappa shape index (κ2) is 5.34. The van der Waals surface area contributed by atoms with Crippen LogP contribution >= 0.6 is 27.5 Å². The van der Waals surface area contributed by atoms with Gasteiger partial charge in [0, 0.05) is 10.6 Å². The molecule has 1 atom stereocenters. The summed E-state index contributed by atoms with van der Waals surface area (Å²) in [5.41, 5.74) is 0.341. The summed E-state index contributed by atoms with van der Waals surface area (Å²) in [5, 5.41) is 10.2. The second-order valence-corrected chi connectivity index (χ2v) is 4.97. The predicted molar refractivity (Wildman–Crippen MR) is 69.6 cm³/mol. The molecular formula is C13H8BrClF2O. The minimum Gasteiger partial charge on any atom is -0.383 e. The Bertz CT molecular complexity index is 569. The average molecular weight is 334 g/mol. The average Bonchev–Trinajstić information content (AvgIpc) is 2.32. The van der Waals surface area contributed by atoms with Gasteiger partial charge in [-0.25, -0.2) is 8.78 Å². The van der Waals surface area contributed by atoms with Crippen LogP contribution in [0, 0.1) is 11.6 Å². The number of rotatable bonds is 2. The Labute approximate surface area is 116 Å². The van der Waals surface area contributed by atoms with E-state index in [1.807, 2.05) is 0 Å². The maximum absolute atomic E-state index is 13.6. The number of benzene rings is 2. The Morgan fingerprint density at radius 1 is 1.11 bits per heavy atom. The van der Waals surface area contributed by atoms with Crippen molar-refractivity contribution < 1.29 is 13.9 Å². The molecule has 0 amide bonds. The van der Waals surface area contributed by atoms with Gasteiger partial charge in [0.25, 0.3) is 0 Å². The monoisotopic (exact) mass is 332 g/mol. The third-order valence-corrected chi connectivity index (χ3v) is 3.47. The van der Waals surface area contributed by atoms with Crippen molar-refractivity contribution >= 4 is 27.5 Å². The molecule has 5 heteroatoms. The molecule has 0 spiro atoms. The fraction of sp³-hybridized carbons (Fsp3) is 0.0769. The number of hydrogen-bond acceptors (Lipinski definition) is 1. The summed E-state index contributed by atoms with van der Waals surface area (Å²) < 4.78 is 26.9. The van der Waals surface area contributed by atoms with E-state index in [2.05, 4.69) is 15.9 Å². The van der Waals surface area contributed by atoms with E-state index in [1.54, 1.807) is 0 Å². The van der Waals surface area contributed by atoms with Gasteiger partial charge in [-0.15, -0.1) is 0 Å². The molecular weight excluding hydrogens is 325 g/mol. The largest absolute Gasteiger partial charge is 0.383 e. The van der Waals surface area contributed by atoms with Crippen molar-refractivity contribution in [1.29, 1.82) is 0 Å². The van der Waals surface area contributed by atoms with E-state index >= 15 is 0 Å². The molecule has 0 aliphatic rings. The van der Waals surface area contributed by atoms with Crippen LogP contribution in [0.25, 0.3) is 0 Å². The fourth-order valence-electron chi connectivity index (χ4n) is 1.62. The zero-order valence-electron chi connectivity index (χ0n) is 9.00. The molecule has 1 nitrogen and oxygen atoms in total. The summed E-state index contributed by atoms with van der Waals surface area (Å²) in [5.74, 6) is -1.05. The summed E-state index contributed by atoms with van der Waals surface area (Å²) in [6.45, 7) is 0. The van der Waals surface area contributed by atoms with Crippen molar-refractivity contribution in [2.24, 2.45) is 0 Å². The minimum absolute atomic E-state index is 0.0160. The van der Waals surface area contributed by atoms with Crippen LogP contribution in [0.4, 0.5) is 8.78 Å². The van der Waals surface area contributed by atoms with Crippen LogP contribution in [0.15, 0.2) is 40.9 Å². The van der Waals surface area contributed by atoms with Crippen LogP contribution in [-0.4, -0.2) is 5.11 Å². The molecule has 0 aliphatic carbocycles. The summed E-state index contributed by atoms with van der Waals surface area (Å²) >= 11 is 8.87. The maximum Gasteiger partial charge on any atom is 0.137 e. The molecule has 2 rings (SSSR count). The van der Waals surface area contributed by atoms with Gasteiger partial charge in [0.1, 0.15) is 17.7 Å². The first-order chi connectivity index (χ1) is 8.50. The van der Waals surface area contributed by atoms with Gasteiger partial charge in [-0.05, 0) is 45.8 Å². The second-order valence-electron chi connectivity index (χ2n) is 3.71. The van der Waals surface area contributed by atoms with Crippen LogP contribution < -0.4 is 0 Å². The number of hydrogen-bond donors (Lipinski definition) is 1. The molecule has 0 saturated carbocycles. The van der Waals surface area contributed by atoms with Gasteiger partial charge in [0.05, 0.1) is 4.47 Å². The highest BCUT2D eigenvalue weighted by molar-refractivity contribution is 9.10. The van der Waals surface area contributed by atoms with E-state index in [-0.39, 0.29) is 15.1 Å². The van der Waals surface area contributed by atoms with Gasteiger partial charge in [-0.1, -0.05) is 23.7 Å². The molecule has 1 unspecified atom stereocenters. The Morgan fingerprint density at radius 3 is 2.44 bits per heavy atom. The zero-order chi connectivity index (χ0) is 13.3. The van der Waals surface area contributed by atoms with Crippen molar-refractivity contribution in [3.8, 4) is 0 Å². The summed E-state index contributed by atoms with van der Waals surface area (Å²) in [7, 11) is 0. The van der Waals surface area contributed by atoms with Gasteiger partial charge in [-0.3, -0.25) is 0 Å². The van der Waals surface area contributed by atoms with E-state index in [0.717, 1.165) is 0 Å². The lowest BCUT2D eigenvalue weighted by Gasteiger charge is -2.14. The first-order valence-corrected chi connectivity index (χ1v) is 6.24. The van der Waals surface area contributed by atoms with Gasteiger partial charge < -0.3 is 5.11 Å². The topological polar surface area (TPSA) is 20.2 Å². The van der Waals surface area contributed by atoms with Crippen LogP contribution in [-0.2, 0) is 0 Å². The molecule has 0 aliphatic heterocycles. The van der Waals surface area contributed by atoms with Crippen molar-refractivity contribution in [2.45, 2.75) is 6.10 Å². The zero-order valence-corrected chi connectivity index (χ0v) is 11.3. The third kappa shape index (κ3) is 2.55. The normalized spacial score (nSPS) is 12.5. The number of aliphatic hydroxyl groups is 1. The summed E-state index contributed by atoms with van der Waals surface area (Å²) in [6.07, 6.45) is -1.24. The van der Waals surface area contributed by atoms with Crippen molar-refractivity contribution in [1.82, 2.24) is 0 Å². The molecule has 94 valence electrons. The highest BCUT2D eigenvalue weighted by Gasteiger charge is 2.19. The molecule has 0 heterocycles. The van der Waals surface area contributed by atoms with Crippen molar-refractivity contribution in [3.05, 3.63) is 68.7 Å². The Morgan fingerprint density at radius 2 is 1.83 bits per heavy atom. The van der Waals surface area contributed by atoms with Crippen LogP contribution in [0.1, 0.15) is 17.2 Å². The smallest absolute Gasteiger partial charge is 0.137 e. The Kier molecular flexibility index (Phi) is 4.00. The maximum atomic E-state index is 13.6. The van der Waals surface area contributed by atoms with Crippen molar-refractivity contribution in [3.63, 3.8) is 0 Å². The van der Waals surface area contributed by atoms with Gasteiger partial charge in [-0.2, -0.15) is 0 Å². The number of aliphatic hydroxyl groups excluding tert-OH is 1. The lowest BCUT2D eigenvalue weighted by atomic mass is 10.0. The predicted octanol–water partition coefficient (Wildman–Crippen LogP) is 4.46. The van der Waals surface area contributed by atoms with E-state index in [1.165, 1.54) is 36.4 Å². The molecule has 0 fully saturated rings. The third-order valence-electron chi connectivity index (χ3n) is 2.53. The molecule has 2 aromatic carbocycles. The first kappa shape index (κ1) is 13.5. The highest BCUT2D eigenvalue weighted by atomic mass is 79.9. The highest BCUT2D eigenvalue weighted by Crippen LogP contribution is 2.32. The molecule has 2 aromatic rings. The van der Waals surface area contributed by atoms with E-state index in [0.29, 0.717) is 5.56 Å². The molecule has 0 saturated heterocycles. The van der Waals surface area contributed by atoms with E-state index in [9.17, 15) is 13.9 Å². The molecule has 0 bridgehead atoms. The fourth-order valence-corrected chi connectivity index (χ4v) is 2.28. The minimum atomic E-state index is -1.24. The van der Waals surface area contributed by atoms with Crippen LogP contribution in [0.5, 0.6) is 0 Å². The SMILES string of the molecule is OC(c1ccc(F)c(Br)c1)c1c(F)cccc1Cl. The first-order valence-electron chi connectivity index (χ1n) is 5.07. The lowest BCUT2D eigenvalue weighted by molar-refractivity contribution is 0.215. The van der Waals surface area contributed by atoms with Gasteiger partial charge in [0.15, 0.2) is 0 Å². The van der Waals surface area contributed by atoms with Gasteiger partial charge >= 0.3 is 0 Å². The van der Waals surface area contributed by atoms with E-state index < -0.39 is 17.7 Å². The molecule has 0 radical (unpaired) electrons. The summed E-state index contributed by atoms with van der Waals surface area (Å²) in [6, 6.07) is 8.12. The standard InChI is InChI=1S/C13H8BrClF2O/c14-8-6-7(4-5-10(8)16)13(18)12-9(15)2-1-3-11(12)17/h1-6,13,18H.